The first kappa shape index (κ1) is 9.24. The van der Waals surface area contributed by atoms with Crippen molar-refractivity contribution in [2.75, 3.05) is 5.73 Å². The Morgan fingerprint density at radius 3 is 2.79 bits per heavy atom. The number of nitrogens with zero attached hydrogens (tertiary/aromatic N) is 2. The van der Waals surface area contributed by atoms with Crippen LogP contribution >= 0.6 is 0 Å². The first-order valence-corrected chi connectivity index (χ1v) is 5.01. The van der Waals surface area contributed by atoms with Crippen LogP contribution in [0.2, 0.25) is 0 Å². The fourth-order valence-corrected chi connectivity index (χ4v) is 1.73. The van der Waals surface area contributed by atoms with Gasteiger partial charge in [0.2, 0.25) is 5.88 Å². The molecule has 4 heteroatoms. The van der Waals surface area contributed by atoms with Gasteiger partial charge in [0, 0.05) is 0 Å². The Morgan fingerprint density at radius 2 is 2.07 bits per heavy atom. The van der Waals surface area contributed by atoms with Gasteiger partial charge >= 0.3 is 0 Å². The standard InChI is InChI=1S/C10H15N3O/c1-7-9(11)12-6-13-10(7)14-8-4-2-3-5-8/h6,8H,2-5H2,1H3,(H2,11,12,13). The molecule has 0 spiro atoms. The van der Waals surface area contributed by atoms with Crippen LogP contribution in [0.3, 0.4) is 0 Å². The number of aromatic nitrogens is 2. The summed E-state index contributed by atoms with van der Waals surface area (Å²) < 4.78 is 5.76. The van der Waals surface area contributed by atoms with Gasteiger partial charge in [-0.2, -0.15) is 0 Å². The minimum absolute atomic E-state index is 0.322. The second kappa shape index (κ2) is 3.82. The van der Waals surface area contributed by atoms with E-state index in [2.05, 4.69) is 9.97 Å². The van der Waals surface area contributed by atoms with E-state index < -0.39 is 0 Å². The molecule has 0 saturated heterocycles. The van der Waals surface area contributed by atoms with Crippen LogP contribution in [0.5, 0.6) is 5.88 Å². The predicted molar refractivity (Wildman–Crippen MR) is 54.1 cm³/mol. The summed E-state index contributed by atoms with van der Waals surface area (Å²) in [6, 6.07) is 0. The van der Waals surface area contributed by atoms with Crippen LogP contribution in [0.1, 0.15) is 31.2 Å². The third-order valence-electron chi connectivity index (χ3n) is 2.66. The van der Waals surface area contributed by atoms with E-state index >= 15 is 0 Å². The van der Waals surface area contributed by atoms with Crippen molar-refractivity contribution < 1.29 is 4.74 Å². The second-order valence-corrected chi connectivity index (χ2v) is 3.71. The molecule has 0 bridgehead atoms. The topological polar surface area (TPSA) is 61.0 Å². The van der Waals surface area contributed by atoms with Crippen molar-refractivity contribution >= 4 is 5.82 Å². The van der Waals surface area contributed by atoms with Gasteiger partial charge in [0.1, 0.15) is 18.2 Å². The number of hydrogen-bond acceptors (Lipinski definition) is 4. The summed E-state index contributed by atoms with van der Waals surface area (Å²) >= 11 is 0. The van der Waals surface area contributed by atoms with Crippen molar-refractivity contribution in [1.29, 1.82) is 0 Å². The average Bonchev–Trinajstić information content (AvgIpc) is 2.66. The minimum Gasteiger partial charge on any atom is -0.474 e. The molecule has 2 N–H and O–H groups in total. The summed E-state index contributed by atoms with van der Waals surface area (Å²) in [4.78, 5) is 7.99. The summed E-state index contributed by atoms with van der Waals surface area (Å²) in [6.07, 6.45) is 6.54. The highest BCUT2D eigenvalue weighted by atomic mass is 16.5. The molecular formula is C10H15N3O. The molecule has 0 unspecified atom stereocenters. The van der Waals surface area contributed by atoms with E-state index in [0.29, 0.717) is 17.8 Å². The third-order valence-corrected chi connectivity index (χ3v) is 2.66. The lowest BCUT2D eigenvalue weighted by atomic mass is 10.3. The maximum absolute atomic E-state index is 5.76. The normalized spacial score (nSPS) is 17.2. The van der Waals surface area contributed by atoms with Gasteiger partial charge in [-0.15, -0.1) is 0 Å². The Morgan fingerprint density at radius 1 is 1.36 bits per heavy atom. The van der Waals surface area contributed by atoms with Crippen molar-refractivity contribution in [2.45, 2.75) is 38.7 Å². The summed E-state index contributed by atoms with van der Waals surface area (Å²) in [5, 5.41) is 0. The molecule has 1 fully saturated rings. The number of nitrogen functional groups attached to an aromatic ring is 1. The van der Waals surface area contributed by atoms with E-state index in [-0.39, 0.29) is 0 Å². The molecule has 4 nitrogen and oxygen atoms in total. The Bertz CT molecular complexity index is 321. The highest BCUT2D eigenvalue weighted by Gasteiger charge is 2.18. The van der Waals surface area contributed by atoms with Crippen LogP contribution in [0.25, 0.3) is 0 Å². The van der Waals surface area contributed by atoms with Crippen molar-refractivity contribution in [3.05, 3.63) is 11.9 Å². The van der Waals surface area contributed by atoms with E-state index in [1.54, 1.807) is 0 Å². The molecule has 1 saturated carbocycles. The Balaban J connectivity index is 2.11. The average molecular weight is 193 g/mol. The van der Waals surface area contributed by atoms with Crippen LogP contribution in [0, 0.1) is 6.92 Å². The molecule has 1 aromatic heterocycles. The van der Waals surface area contributed by atoms with Crippen LogP contribution in [0.4, 0.5) is 5.82 Å². The van der Waals surface area contributed by atoms with Crippen molar-refractivity contribution in [2.24, 2.45) is 0 Å². The zero-order chi connectivity index (χ0) is 9.97. The number of rotatable bonds is 2. The van der Waals surface area contributed by atoms with Gasteiger partial charge in [-0.05, 0) is 32.6 Å². The first-order chi connectivity index (χ1) is 6.77. The number of hydrogen-bond donors (Lipinski definition) is 1. The molecule has 0 aliphatic heterocycles. The van der Waals surface area contributed by atoms with E-state index in [9.17, 15) is 0 Å². The van der Waals surface area contributed by atoms with Crippen molar-refractivity contribution in [1.82, 2.24) is 9.97 Å². The van der Waals surface area contributed by atoms with E-state index in [1.807, 2.05) is 6.92 Å². The maximum atomic E-state index is 5.76. The molecule has 14 heavy (non-hydrogen) atoms. The van der Waals surface area contributed by atoms with Crippen molar-refractivity contribution in [3.8, 4) is 5.88 Å². The van der Waals surface area contributed by atoms with Gasteiger partial charge < -0.3 is 10.5 Å². The van der Waals surface area contributed by atoms with Gasteiger partial charge in [0.15, 0.2) is 0 Å². The second-order valence-electron chi connectivity index (χ2n) is 3.71. The summed E-state index contributed by atoms with van der Waals surface area (Å²) in [7, 11) is 0. The van der Waals surface area contributed by atoms with E-state index in [1.165, 1.54) is 19.2 Å². The molecule has 1 heterocycles. The summed E-state index contributed by atoms with van der Waals surface area (Å²) in [5.74, 6) is 1.15. The third kappa shape index (κ3) is 1.78. The van der Waals surface area contributed by atoms with Gasteiger partial charge in [0.25, 0.3) is 0 Å². The Labute approximate surface area is 83.5 Å². The SMILES string of the molecule is Cc1c(N)ncnc1OC1CCCC1. The van der Waals surface area contributed by atoms with Gasteiger partial charge in [-0.25, -0.2) is 9.97 Å². The van der Waals surface area contributed by atoms with E-state index in [0.717, 1.165) is 18.4 Å². The number of nitrogens with two attached hydrogens (primary N) is 1. The Hall–Kier alpha value is -1.32. The number of anilines is 1. The predicted octanol–water partition coefficient (Wildman–Crippen LogP) is 1.69. The summed E-state index contributed by atoms with van der Waals surface area (Å²) in [6.45, 7) is 1.89. The van der Waals surface area contributed by atoms with Crippen LogP contribution < -0.4 is 10.5 Å². The lowest BCUT2D eigenvalue weighted by Crippen LogP contribution is -2.13. The molecule has 0 radical (unpaired) electrons. The van der Waals surface area contributed by atoms with Gasteiger partial charge in [-0.3, -0.25) is 0 Å². The minimum atomic E-state index is 0.322. The first-order valence-electron chi connectivity index (χ1n) is 5.01. The lowest BCUT2D eigenvalue weighted by molar-refractivity contribution is 0.199. The monoisotopic (exact) mass is 193 g/mol. The highest BCUT2D eigenvalue weighted by molar-refractivity contribution is 5.43. The van der Waals surface area contributed by atoms with Crippen LogP contribution in [0.15, 0.2) is 6.33 Å². The smallest absolute Gasteiger partial charge is 0.221 e. The van der Waals surface area contributed by atoms with E-state index in [4.69, 9.17) is 10.5 Å². The van der Waals surface area contributed by atoms with Crippen LogP contribution in [-0.4, -0.2) is 16.1 Å². The molecule has 1 aliphatic carbocycles. The zero-order valence-electron chi connectivity index (χ0n) is 8.36. The van der Waals surface area contributed by atoms with Gasteiger partial charge in [-0.1, -0.05) is 0 Å². The molecule has 0 aromatic carbocycles. The molecule has 0 amide bonds. The molecule has 76 valence electrons. The molecular weight excluding hydrogens is 178 g/mol. The van der Waals surface area contributed by atoms with Crippen molar-refractivity contribution in [3.63, 3.8) is 0 Å². The van der Waals surface area contributed by atoms with Crippen LogP contribution in [-0.2, 0) is 0 Å². The molecule has 0 atom stereocenters. The zero-order valence-corrected chi connectivity index (χ0v) is 8.36. The lowest BCUT2D eigenvalue weighted by Gasteiger charge is -2.13. The summed E-state index contributed by atoms with van der Waals surface area (Å²) in [5.41, 5.74) is 6.51. The highest BCUT2D eigenvalue weighted by Crippen LogP contribution is 2.25. The quantitative estimate of drug-likeness (QED) is 0.776. The maximum Gasteiger partial charge on any atom is 0.221 e. The molecule has 1 aromatic rings. The van der Waals surface area contributed by atoms with Gasteiger partial charge in [0.05, 0.1) is 5.56 Å². The fraction of sp³-hybridized carbons (Fsp3) is 0.600. The molecule has 2 rings (SSSR count). The molecule has 1 aliphatic rings. The largest absolute Gasteiger partial charge is 0.474 e. The number of ether oxygens (including phenoxy) is 1. The Kier molecular flexibility index (Phi) is 2.52. The fourth-order valence-electron chi connectivity index (χ4n) is 1.73.